The van der Waals surface area contributed by atoms with E-state index in [2.05, 4.69) is 561 Å². The van der Waals surface area contributed by atoms with Crippen molar-refractivity contribution in [3.05, 3.63) is 424 Å². The Balaban J connectivity index is 0.000000398. The van der Waals surface area contributed by atoms with Gasteiger partial charge < -0.3 is 0 Å². The summed E-state index contributed by atoms with van der Waals surface area (Å²) in [6, 6.07) is 144. The molecule has 0 aliphatic carbocycles. The molecule has 0 heteroatoms. The van der Waals surface area contributed by atoms with Crippen molar-refractivity contribution in [3.8, 4) is 0 Å². The van der Waals surface area contributed by atoms with E-state index < -0.39 is 0 Å². The van der Waals surface area contributed by atoms with Crippen LogP contribution in [0, 0.1) is 44.8 Å². The van der Waals surface area contributed by atoms with Gasteiger partial charge >= 0.3 is 0 Å². The average Bonchev–Trinajstić information content (AvgIpc) is 0.726. The van der Waals surface area contributed by atoms with Crippen LogP contribution in [0.15, 0.2) is 413 Å². The number of benzene rings is 20. The number of hydrogen-bond acceptors (Lipinski definition) is 0. The highest BCUT2D eigenvalue weighted by atomic mass is 14.2. The second kappa shape index (κ2) is 60.7. The molecule has 0 atom stereocenters. The first kappa shape index (κ1) is 122. The fourth-order valence-corrected chi connectivity index (χ4v) is 13.4. The van der Waals surface area contributed by atoms with Crippen molar-refractivity contribution in [1.29, 1.82) is 0 Å². The molecule has 0 bridgehead atoms. The summed E-state index contributed by atoms with van der Waals surface area (Å²) in [7, 11) is 0. The summed E-state index contributed by atoms with van der Waals surface area (Å²) in [6.45, 7) is 82.4. The van der Waals surface area contributed by atoms with Crippen LogP contribution in [0.25, 0.3) is 129 Å². The van der Waals surface area contributed by atoms with Crippen LogP contribution in [0.5, 0.6) is 0 Å². The molecule has 0 radical (unpaired) electrons. The number of fused-ring (bicyclic) bond motifs is 12. The summed E-state index contributed by atoms with van der Waals surface area (Å²) in [6.07, 6.45) is 0. The molecule has 0 aliphatic rings. The third kappa shape index (κ3) is 51.1. The highest BCUT2D eigenvalue weighted by Gasteiger charge is 2.20. The van der Waals surface area contributed by atoms with E-state index in [0.29, 0.717) is 37.9 Å². The van der Waals surface area contributed by atoms with Gasteiger partial charge in [0.25, 0.3) is 0 Å². The molecular weight excluding hydrogens is 1680 g/mol. The van der Waals surface area contributed by atoms with Crippen molar-refractivity contribution < 1.29 is 0 Å². The highest BCUT2D eigenvalue weighted by molar-refractivity contribution is 6.33. The van der Waals surface area contributed by atoms with Crippen LogP contribution in [-0.2, 0) is 5.41 Å². The van der Waals surface area contributed by atoms with E-state index in [-0.39, 0.29) is 5.41 Å². The topological polar surface area (TPSA) is 0 Å². The van der Waals surface area contributed by atoms with E-state index in [1.54, 1.807) is 0 Å². The molecule has 0 aliphatic heterocycles. The first-order valence-corrected chi connectivity index (χ1v) is 51.3. The van der Waals surface area contributed by atoms with Crippen molar-refractivity contribution >= 4 is 129 Å². The monoisotopic (exact) mass is 1860 g/mol. The average molecular weight is 1860 g/mol. The molecule has 0 spiro atoms. The summed E-state index contributed by atoms with van der Waals surface area (Å²) < 4.78 is 0. The maximum Gasteiger partial charge on any atom is -0.00264 e. The SMILES string of the molecule is CC.CC.CC.CC(C)(C)C.CC(C)(C)C.CC(C)(C)C.CC(C)(C)C.CC(C)(C)C.CC(C)(C)C.CC(C)(C)C.Cc1cc2c3ccccc3c(C(C)(C)C)cc2c2ccccc12.c1cc2cccc3c4cccc5cccc(c(c1)c23)c54.c1ccc2cc3ccccc3cc2c1.c1ccc2ccccc2c1.c1ccc2ccccc2c1.c1ccc2ccccc2c1.c1ccccc1.c1ccccc1. The van der Waals surface area contributed by atoms with Gasteiger partial charge in [-0.15, -0.1) is 0 Å². The molecular formula is C140H182. The van der Waals surface area contributed by atoms with E-state index in [1.165, 1.54) is 140 Å². The largest absolute Gasteiger partial charge is 0.0683 e. The Morgan fingerprint density at radius 2 is 0.264 bits per heavy atom. The van der Waals surface area contributed by atoms with Crippen LogP contribution in [-0.4, -0.2) is 0 Å². The summed E-state index contributed by atoms with van der Waals surface area (Å²) >= 11 is 0. The zero-order valence-corrected chi connectivity index (χ0v) is 94.3. The molecule has 0 N–H and O–H groups in total. The molecule has 0 saturated heterocycles. The zero-order chi connectivity index (χ0) is 105. The van der Waals surface area contributed by atoms with Gasteiger partial charge in [0.15, 0.2) is 0 Å². The smallest absolute Gasteiger partial charge is 0.00264 e. The van der Waals surface area contributed by atoms with Gasteiger partial charge in [0.05, 0.1) is 0 Å². The predicted octanol–water partition coefficient (Wildman–Crippen LogP) is 45.8. The summed E-state index contributed by atoms with van der Waals surface area (Å²) in [5, 5.41) is 32.2. The van der Waals surface area contributed by atoms with Crippen molar-refractivity contribution in [2.45, 2.75) is 269 Å². The second-order valence-corrected chi connectivity index (χ2v) is 46.9. The number of hydrogen-bond donors (Lipinski definition) is 0. The standard InChI is InChI=1S/C23H22.C20H12.C14H10.3C10H8.2C6H6.7C5H12.3C2H6/c1-15-13-20-18-11-7-8-12-19(18)22(23(2,3)4)14-21(20)17-10-6-5-9-16(15)17;1-5-13-6-2-11-17-18-12-4-8-14-7-3-10-16(20(14)18)15(9-1)19(13)17;1-2-6-12-10-14-8-4-3-7-13(14)9-11(12)5-1;3*1-2-6-10-8-4-3-7-9(10)5-1;2*1-2-4-6-5-3-1;7*1-5(2,3)4;3*1-2/h5-14H,1-4H3;1-12H;1-10H;3*1-8H;2*1-6H;7*1-4H3;3*1-2H3. The summed E-state index contributed by atoms with van der Waals surface area (Å²) in [4.78, 5) is 0. The lowest BCUT2D eigenvalue weighted by atomic mass is 9.81. The van der Waals surface area contributed by atoms with Crippen LogP contribution < -0.4 is 0 Å². The predicted molar refractivity (Wildman–Crippen MR) is 646 cm³/mol. The van der Waals surface area contributed by atoms with Crippen LogP contribution in [0.3, 0.4) is 0 Å². The molecule has 0 heterocycles. The lowest BCUT2D eigenvalue weighted by Crippen LogP contribution is -2.11. The maximum absolute atomic E-state index is 2.42. The lowest BCUT2D eigenvalue weighted by Gasteiger charge is -2.23. The quantitative estimate of drug-likeness (QED) is 0.105. The third-order valence-corrected chi connectivity index (χ3v) is 18.2. The third-order valence-electron chi connectivity index (χ3n) is 18.2. The van der Waals surface area contributed by atoms with Crippen LogP contribution >= 0.6 is 0 Å². The molecule has 20 aromatic carbocycles. The zero-order valence-electron chi connectivity index (χ0n) is 94.3. The van der Waals surface area contributed by atoms with Crippen LogP contribution in [0.1, 0.15) is 267 Å². The molecule has 0 aromatic heterocycles. The first-order chi connectivity index (χ1) is 65.7. The van der Waals surface area contributed by atoms with Crippen molar-refractivity contribution in [3.63, 3.8) is 0 Å². The minimum atomic E-state index is 0.125. The lowest BCUT2D eigenvalue weighted by molar-refractivity contribution is 0.469. The van der Waals surface area contributed by atoms with Crippen molar-refractivity contribution in [2.75, 3.05) is 0 Å². The van der Waals surface area contributed by atoms with Gasteiger partial charge in [0.2, 0.25) is 0 Å². The fourth-order valence-electron chi connectivity index (χ4n) is 13.4. The van der Waals surface area contributed by atoms with E-state index in [9.17, 15) is 0 Å². The molecule has 0 unspecified atom stereocenters. The van der Waals surface area contributed by atoms with Crippen molar-refractivity contribution in [1.82, 2.24) is 0 Å². The molecule has 140 heavy (non-hydrogen) atoms. The molecule has 0 fully saturated rings. The fraction of sp³-hybridized carbons (Fsp3) is 0.329. The van der Waals surface area contributed by atoms with Gasteiger partial charge in [-0.1, -0.05) is 650 Å². The number of rotatable bonds is 0. The molecule has 0 amide bonds. The molecule has 742 valence electrons. The van der Waals surface area contributed by atoms with Gasteiger partial charge in [-0.25, -0.2) is 0 Å². The second-order valence-electron chi connectivity index (χ2n) is 46.9. The van der Waals surface area contributed by atoms with E-state index in [0.717, 1.165) is 0 Å². The Morgan fingerprint density at radius 3 is 0.457 bits per heavy atom. The molecule has 20 aromatic rings. The van der Waals surface area contributed by atoms with E-state index in [4.69, 9.17) is 0 Å². The normalized spacial score (nSPS) is 10.8. The summed E-state index contributed by atoms with van der Waals surface area (Å²) in [5.74, 6) is 0. The molecule has 0 nitrogen and oxygen atoms in total. The minimum absolute atomic E-state index is 0.125. The first-order valence-electron chi connectivity index (χ1n) is 51.3. The van der Waals surface area contributed by atoms with Crippen LogP contribution in [0.4, 0.5) is 0 Å². The maximum atomic E-state index is 2.42. The Bertz CT molecular complexity index is 5870. The molecule has 20 rings (SSSR count). The van der Waals surface area contributed by atoms with Gasteiger partial charge in [-0.2, -0.15) is 0 Å². The molecule has 0 saturated carbocycles. The Hall–Kier alpha value is -12.2. The minimum Gasteiger partial charge on any atom is -0.0683 e. The Labute approximate surface area is 853 Å². The van der Waals surface area contributed by atoms with Crippen molar-refractivity contribution in [2.24, 2.45) is 37.9 Å². The number of aryl methyl sites for hydroxylation is 1. The Kier molecular flexibility index (Phi) is 52.9. The van der Waals surface area contributed by atoms with Crippen LogP contribution in [0.2, 0.25) is 0 Å². The Morgan fingerprint density at radius 1 is 0.121 bits per heavy atom. The summed E-state index contributed by atoms with van der Waals surface area (Å²) in [5.41, 5.74) is 6.40. The highest BCUT2D eigenvalue weighted by Crippen LogP contribution is 2.42. The van der Waals surface area contributed by atoms with E-state index in [1.807, 2.05) is 114 Å². The van der Waals surface area contributed by atoms with Gasteiger partial charge in [-0.3, -0.25) is 0 Å². The van der Waals surface area contributed by atoms with Gasteiger partial charge in [0.1, 0.15) is 0 Å². The van der Waals surface area contributed by atoms with E-state index >= 15 is 0 Å². The van der Waals surface area contributed by atoms with Gasteiger partial charge in [0, 0.05) is 0 Å². The van der Waals surface area contributed by atoms with Gasteiger partial charge in [-0.05, 0) is 209 Å².